The van der Waals surface area contributed by atoms with E-state index in [1.807, 2.05) is 0 Å². The van der Waals surface area contributed by atoms with E-state index in [4.69, 9.17) is 10.2 Å². The summed E-state index contributed by atoms with van der Waals surface area (Å²) >= 11 is 0. The topological polar surface area (TPSA) is 74.6 Å². The zero-order valence-electron chi connectivity index (χ0n) is 9.52. The molecule has 0 aliphatic carbocycles. The molecule has 0 fully saturated rings. The Labute approximate surface area is 120 Å². The summed E-state index contributed by atoms with van der Waals surface area (Å²) in [5, 5.41) is 16.7. The van der Waals surface area contributed by atoms with E-state index in [1.54, 1.807) is 0 Å². The van der Waals surface area contributed by atoms with E-state index in [0.717, 1.165) is 0 Å². The Kier molecular flexibility index (Phi) is 22.5. The summed E-state index contributed by atoms with van der Waals surface area (Å²) in [5.41, 5.74) is 0. The molecule has 1 radical (unpaired) electrons. The van der Waals surface area contributed by atoms with E-state index >= 15 is 0 Å². The smallest absolute Gasteiger partial charge is 0.155 e. The van der Waals surface area contributed by atoms with Gasteiger partial charge in [-0.05, 0) is 27.7 Å². The normalized spacial score (nSPS) is 10.0. The second-order valence-corrected chi connectivity index (χ2v) is 2.79. The number of ketones is 2. The first-order chi connectivity index (χ1) is 6.25. The Morgan fingerprint density at radius 1 is 0.812 bits per heavy atom. The predicted molar refractivity (Wildman–Crippen MR) is 54.1 cm³/mol. The van der Waals surface area contributed by atoms with Gasteiger partial charge in [-0.3, -0.25) is 9.59 Å². The van der Waals surface area contributed by atoms with Crippen LogP contribution in [0.25, 0.3) is 0 Å². The van der Waals surface area contributed by atoms with Crippen molar-refractivity contribution in [3.05, 3.63) is 23.7 Å². The third kappa shape index (κ3) is 37.4. The van der Waals surface area contributed by atoms with Crippen LogP contribution in [0, 0.1) is 0 Å². The average Bonchev–Trinajstić information content (AvgIpc) is 1.79. The van der Waals surface area contributed by atoms with Gasteiger partial charge in [0.2, 0.25) is 0 Å². The Morgan fingerprint density at radius 2 is 1.00 bits per heavy atom. The fourth-order valence-electron chi connectivity index (χ4n) is 0.588. The molecule has 0 rings (SSSR count). The Balaban J connectivity index is -0.0000000800. The van der Waals surface area contributed by atoms with Gasteiger partial charge in [0.15, 0.2) is 11.6 Å². The number of hydrogen-bond donors (Lipinski definition) is 2. The first kappa shape index (κ1) is 24.7. The standard InChI is InChI=1S/2C5H8O2.Co.Pd/c2*1-4(6)3-5(2)7;;/h2*3,6H,1-2H3;;/b2*4-3-;;. The van der Waals surface area contributed by atoms with Gasteiger partial charge in [0.25, 0.3) is 0 Å². The van der Waals surface area contributed by atoms with Crippen LogP contribution in [-0.2, 0) is 46.8 Å². The number of aliphatic hydroxyl groups excluding tert-OH is 2. The zero-order chi connectivity index (χ0) is 11.7. The van der Waals surface area contributed by atoms with Crippen molar-refractivity contribution in [1.29, 1.82) is 0 Å². The molecule has 0 aromatic heterocycles. The molecule has 99 valence electrons. The van der Waals surface area contributed by atoms with Crippen LogP contribution in [0.1, 0.15) is 27.7 Å². The molecule has 0 saturated carbocycles. The van der Waals surface area contributed by atoms with Gasteiger partial charge in [-0.1, -0.05) is 0 Å². The minimum absolute atomic E-state index is 0. The molecule has 0 bridgehead atoms. The van der Waals surface area contributed by atoms with Gasteiger partial charge in [0, 0.05) is 49.4 Å². The number of rotatable bonds is 2. The Bertz CT molecular complexity index is 236. The van der Waals surface area contributed by atoms with Crippen molar-refractivity contribution in [3.63, 3.8) is 0 Å². The van der Waals surface area contributed by atoms with Crippen molar-refractivity contribution in [2.45, 2.75) is 27.7 Å². The minimum Gasteiger partial charge on any atom is -0.512 e. The minimum atomic E-state index is -0.125. The summed E-state index contributed by atoms with van der Waals surface area (Å²) in [6, 6.07) is 0. The zero-order valence-corrected chi connectivity index (χ0v) is 12.1. The first-order valence-corrected chi connectivity index (χ1v) is 4.01. The van der Waals surface area contributed by atoms with Gasteiger partial charge in [-0.2, -0.15) is 0 Å². The summed E-state index contributed by atoms with van der Waals surface area (Å²) in [5.74, 6) is -0.125. The molecule has 0 atom stereocenters. The summed E-state index contributed by atoms with van der Waals surface area (Å²) in [4.78, 5) is 20.0. The van der Waals surface area contributed by atoms with Gasteiger partial charge >= 0.3 is 0 Å². The van der Waals surface area contributed by atoms with Crippen LogP contribution in [0.3, 0.4) is 0 Å². The predicted octanol–water partition coefficient (Wildman–Crippen LogP) is 2.07. The molecule has 0 aromatic carbocycles. The van der Waals surface area contributed by atoms with Crippen LogP contribution in [0.15, 0.2) is 23.7 Å². The van der Waals surface area contributed by atoms with Gasteiger partial charge < -0.3 is 10.2 Å². The maximum absolute atomic E-state index is 10.0. The van der Waals surface area contributed by atoms with Crippen molar-refractivity contribution < 1.29 is 57.0 Å². The summed E-state index contributed by atoms with van der Waals surface area (Å²) in [7, 11) is 0. The van der Waals surface area contributed by atoms with Crippen molar-refractivity contribution in [2.75, 3.05) is 0 Å². The Hall–Kier alpha value is -0.411. The maximum atomic E-state index is 10.0. The molecule has 16 heavy (non-hydrogen) atoms. The molecular formula is C10H16CoO4Pd. The van der Waals surface area contributed by atoms with Crippen LogP contribution < -0.4 is 0 Å². The quantitative estimate of drug-likeness (QED) is 0.446. The van der Waals surface area contributed by atoms with E-state index in [1.165, 1.54) is 39.8 Å². The van der Waals surface area contributed by atoms with Crippen LogP contribution in [0.5, 0.6) is 0 Å². The van der Waals surface area contributed by atoms with Crippen LogP contribution in [-0.4, -0.2) is 21.8 Å². The monoisotopic (exact) mass is 365 g/mol. The van der Waals surface area contributed by atoms with E-state index in [-0.39, 0.29) is 60.3 Å². The largest absolute Gasteiger partial charge is 0.512 e. The maximum Gasteiger partial charge on any atom is 0.155 e. The van der Waals surface area contributed by atoms with Gasteiger partial charge in [-0.15, -0.1) is 0 Å². The van der Waals surface area contributed by atoms with Crippen LogP contribution in [0.2, 0.25) is 0 Å². The van der Waals surface area contributed by atoms with Crippen molar-refractivity contribution >= 4 is 11.6 Å². The van der Waals surface area contributed by atoms with Crippen LogP contribution >= 0.6 is 0 Å². The van der Waals surface area contributed by atoms with Crippen molar-refractivity contribution in [2.24, 2.45) is 0 Å². The molecule has 4 nitrogen and oxygen atoms in total. The molecule has 0 aliphatic rings. The molecule has 0 spiro atoms. The molecule has 6 heteroatoms. The number of carbonyl (C=O) groups excluding carboxylic acids is 2. The summed E-state index contributed by atoms with van der Waals surface area (Å²) in [6.07, 6.45) is 2.33. The molecule has 0 amide bonds. The van der Waals surface area contributed by atoms with E-state index < -0.39 is 0 Å². The summed E-state index contributed by atoms with van der Waals surface area (Å²) in [6.45, 7) is 5.70. The van der Waals surface area contributed by atoms with Crippen molar-refractivity contribution in [3.8, 4) is 0 Å². The van der Waals surface area contributed by atoms with Crippen molar-refractivity contribution in [1.82, 2.24) is 0 Å². The molecule has 0 aliphatic heterocycles. The molecule has 0 unspecified atom stereocenters. The SMILES string of the molecule is CC(=O)/C=C(/C)O.CC(=O)/C=C(/C)O.[Co].[Pd]. The number of allylic oxidation sites excluding steroid dienone is 4. The first-order valence-electron chi connectivity index (χ1n) is 4.01. The molecule has 0 saturated heterocycles. The van der Waals surface area contributed by atoms with Crippen LogP contribution in [0.4, 0.5) is 0 Å². The fraction of sp³-hybridized carbons (Fsp3) is 0.400. The van der Waals surface area contributed by atoms with E-state index in [2.05, 4.69) is 0 Å². The Morgan fingerprint density at radius 3 is 1.00 bits per heavy atom. The molecule has 0 heterocycles. The molecule has 2 N–H and O–H groups in total. The number of aliphatic hydroxyl groups is 2. The third-order valence-electron chi connectivity index (χ3n) is 0.824. The van der Waals surface area contributed by atoms with E-state index in [9.17, 15) is 9.59 Å². The number of carbonyl (C=O) groups is 2. The molecule has 0 aromatic rings. The fourth-order valence-corrected chi connectivity index (χ4v) is 0.588. The second kappa shape index (κ2) is 14.6. The molecular weight excluding hydrogens is 349 g/mol. The average molecular weight is 366 g/mol. The summed E-state index contributed by atoms with van der Waals surface area (Å²) < 4.78 is 0. The van der Waals surface area contributed by atoms with Gasteiger partial charge in [0.05, 0.1) is 11.5 Å². The second-order valence-electron chi connectivity index (χ2n) is 2.79. The number of hydrogen-bond acceptors (Lipinski definition) is 4. The van der Waals surface area contributed by atoms with Gasteiger partial charge in [-0.25, -0.2) is 0 Å². The third-order valence-corrected chi connectivity index (χ3v) is 0.824. The van der Waals surface area contributed by atoms with Gasteiger partial charge in [0.1, 0.15) is 0 Å². The van der Waals surface area contributed by atoms with E-state index in [0.29, 0.717) is 0 Å².